The van der Waals surface area contributed by atoms with Crippen LogP contribution in [0.2, 0.25) is 0 Å². The average molecular weight is 146 g/mol. The van der Waals surface area contributed by atoms with Crippen LogP contribution >= 0.6 is 11.8 Å². The Bertz CT molecular complexity index is 61.5. The fraction of sp³-hybridized carbons (Fsp3) is 1.00. The lowest BCUT2D eigenvalue weighted by molar-refractivity contribution is 0.794. The maximum Gasteiger partial charge on any atom is 0.00750 e. The smallest absolute Gasteiger partial charge is 0.00750 e. The van der Waals surface area contributed by atoms with Gasteiger partial charge in [-0.25, -0.2) is 0 Å². The van der Waals surface area contributed by atoms with Crippen molar-refractivity contribution in [3.05, 3.63) is 0 Å². The Morgan fingerprint density at radius 2 is 1.78 bits per heavy atom. The lowest BCUT2D eigenvalue weighted by atomic mass is 10.3. The van der Waals surface area contributed by atoms with Gasteiger partial charge in [0.05, 0.1) is 0 Å². The molecule has 0 spiro atoms. The molecule has 0 amide bonds. The molecule has 0 fully saturated rings. The number of thioether (sulfide) groups is 1. The number of hydrogen-bond acceptors (Lipinski definition) is 1. The van der Waals surface area contributed by atoms with Crippen LogP contribution in [0.1, 0.15) is 40.5 Å². The van der Waals surface area contributed by atoms with E-state index in [1.165, 1.54) is 18.6 Å². The molecule has 9 heavy (non-hydrogen) atoms. The third kappa shape index (κ3) is 8.35. The Balaban J connectivity index is 3.07. The lowest BCUT2D eigenvalue weighted by Crippen LogP contribution is -2.07. The molecular weight excluding hydrogens is 128 g/mol. The Labute approximate surface area is 63.4 Å². The van der Waals surface area contributed by atoms with E-state index in [9.17, 15) is 0 Å². The van der Waals surface area contributed by atoms with E-state index < -0.39 is 0 Å². The van der Waals surface area contributed by atoms with Crippen LogP contribution in [0.15, 0.2) is 0 Å². The van der Waals surface area contributed by atoms with Crippen LogP contribution in [0, 0.1) is 0 Å². The molecule has 0 aromatic rings. The molecule has 0 radical (unpaired) electrons. The molecule has 1 heteroatoms. The summed E-state index contributed by atoms with van der Waals surface area (Å²) in [7, 11) is 0. The van der Waals surface area contributed by atoms with Gasteiger partial charge in [-0.05, 0) is 12.2 Å². The van der Waals surface area contributed by atoms with Gasteiger partial charge < -0.3 is 0 Å². The van der Waals surface area contributed by atoms with Crippen molar-refractivity contribution in [3.63, 3.8) is 0 Å². The predicted molar refractivity (Wildman–Crippen MR) is 47.1 cm³/mol. The highest BCUT2D eigenvalue weighted by Gasteiger charge is 2.08. The van der Waals surface area contributed by atoms with Crippen molar-refractivity contribution in [2.24, 2.45) is 0 Å². The van der Waals surface area contributed by atoms with Gasteiger partial charge in [0.1, 0.15) is 0 Å². The molecule has 0 aliphatic rings. The predicted octanol–water partition coefficient (Wildman–Crippen LogP) is 3.32. The number of unbranched alkanes of at least 4 members (excludes halogenated alkanes) is 1. The van der Waals surface area contributed by atoms with Gasteiger partial charge in [-0.2, -0.15) is 11.8 Å². The van der Waals surface area contributed by atoms with E-state index >= 15 is 0 Å². The summed E-state index contributed by atoms with van der Waals surface area (Å²) in [5, 5.41) is 0. The minimum Gasteiger partial charge on any atom is -0.156 e. The van der Waals surface area contributed by atoms with Crippen LogP contribution in [-0.4, -0.2) is 10.5 Å². The zero-order chi connectivity index (χ0) is 7.33. The number of hydrogen-bond donors (Lipinski definition) is 0. The van der Waals surface area contributed by atoms with Crippen LogP contribution in [-0.2, 0) is 0 Å². The molecule has 0 heterocycles. The topological polar surface area (TPSA) is 0 Å². The van der Waals surface area contributed by atoms with Crippen LogP contribution in [0.3, 0.4) is 0 Å². The zero-order valence-electron chi connectivity index (χ0n) is 7.03. The van der Waals surface area contributed by atoms with Crippen LogP contribution in [0.4, 0.5) is 0 Å². The second-order valence-corrected chi connectivity index (χ2v) is 5.24. The Kier molecular flexibility index (Phi) is 4.37. The lowest BCUT2D eigenvalue weighted by Gasteiger charge is -2.16. The highest BCUT2D eigenvalue weighted by atomic mass is 32.2. The first-order valence-corrected chi connectivity index (χ1v) is 4.69. The van der Waals surface area contributed by atoms with Gasteiger partial charge in [-0.3, -0.25) is 0 Å². The minimum absolute atomic E-state index is 0.467. The SMILES string of the molecule is CCCCSC(C)(C)C. The molecular formula is C8H18S. The van der Waals surface area contributed by atoms with Crippen LogP contribution in [0.5, 0.6) is 0 Å². The molecule has 0 saturated carbocycles. The molecule has 0 nitrogen and oxygen atoms in total. The van der Waals surface area contributed by atoms with Crippen molar-refractivity contribution in [2.45, 2.75) is 45.3 Å². The molecule has 0 aliphatic carbocycles. The summed E-state index contributed by atoms with van der Waals surface area (Å²) in [6.45, 7) is 9.05. The molecule has 0 rings (SSSR count). The van der Waals surface area contributed by atoms with E-state index in [1.54, 1.807) is 0 Å². The molecule has 0 saturated heterocycles. The second-order valence-electron chi connectivity index (χ2n) is 3.31. The van der Waals surface area contributed by atoms with Gasteiger partial charge in [-0.1, -0.05) is 34.1 Å². The zero-order valence-corrected chi connectivity index (χ0v) is 7.85. The summed E-state index contributed by atoms with van der Waals surface area (Å²) < 4.78 is 0.467. The summed E-state index contributed by atoms with van der Waals surface area (Å²) >= 11 is 2.06. The van der Waals surface area contributed by atoms with E-state index in [0.29, 0.717) is 4.75 Å². The fourth-order valence-electron chi connectivity index (χ4n) is 0.523. The molecule has 0 aromatic carbocycles. The maximum absolute atomic E-state index is 2.27. The van der Waals surface area contributed by atoms with Crippen LogP contribution in [0.25, 0.3) is 0 Å². The molecule has 56 valence electrons. The summed E-state index contributed by atoms with van der Waals surface area (Å²) in [5.74, 6) is 1.32. The number of rotatable bonds is 3. The van der Waals surface area contributed by atoms with E-state index in [-0.39, 0.29) is 0 Å². The molecule has 0 atom stereocenters. The van der Waals surface area contributed by atoms with Gasteiger partial charge in [0.25, 0.3) is 0 Å². The first kappa shape index (κ1) is 9.35. The maximum atomic E-state index is 2.27. The summed E-state index contributed by atoms with van der Waals surface area (Å²) in [6.07, 6.45) is 2.69. The Morgan fingerprint density at radius 1 is 1.22 bits per heavy atom. The van der Waals surface area contributed by atoms with Crippen molar-refractivity contribution >= 4 is 11.8 Å². The molecule has 0 aliphatic heterocycles. The highest BCUT2D eigenvalue weighted by molar-refractivity contribution is 8.00. The molecule has 0 bridgehead atoms. The minimum atomic E-state index is 0.467. The standard InChI is InChI=1S/C8H18S/c1-5-6-7-9-8(2,3)4/h5-7H2,1-4H3. The van der Waals surface area contributed by atoms with E-state index in [4.69, 9.17) is 0 Å². The van der Waals surface area contributed by atoms with Gasteiger partial charge >= 0.3 is 0 Å². The summed E-state index contributed by atoms with van der Waals surface area (Å²) in [4.78, 5) is 0. The largest absolute Gasteiger partial charge is 0.156 e. The van der Waals surface area contributed by atoms with Gasteiger partial charge in [0.15, 0.2) is 0 Å². The molecule has 0 aromatic heterocycles. The van der Waals surface area contributed by atoms with E-state index in [1.807, 2.05) is 0 Å². The van der Waals surface area contributed by atoms with Crippen molar-refractivity contribution in [1.29, 1.82) is 0 Å². The first-order valence-electron chi connectivity index (χ1n) is 3.70. The highest BCUT2D eigenvalue weighted by Crippen LogP contribution is 2.23. The van der Waals surface area contributed by atoms with Crippen molar-refractivity contribution in [1.82, 2.24) is 0 Å². The van der Waals surface area contributed by atoms with Crippen molar-refractivity contribution < 1.29 is 0 Å². The second kappa shape index (κ2) is 4.21. The fourth-order valence-corrected chi connectivity index (χ4v) is 1.57. The normalized spacial score (nSPS) is 12.0. The van der Waals surface area contributed by atoms with Gasteiger partial charge in [0, 0.05) is 4.75 Å². The first-order chi connectivity index (χ1) is 4.06. The van der Waals surface area contributed by atoms with Gasteiger partial charge in [0.2, 0.25) is 0 Å². The quantitative estimate of drug-likeness (QED) is 0.550. The van der Waals surface area contributed by atoms with Crippen LogP contribution < -0.4 is 0 Å². The third-order valence-corrected chi connectivity index (χ3v) is 2.39. The van der Waals surface area contributed by atoms with E-state index in [2.05, 4.69) is 39.5 Å². The summed E-state index contributed by atoms with van der Waals surface area (Å²) in [6, 6.07) is 0. The monoisotopic (exact) mass is 146 g/mol. The van der Waals surface area contributed by atoms with Crippen molar-refractivity contribution in [3.8, 4) is 0 Å². The summed E-state index contributed by atoms with van der Waals surface area (Å²) in [5.41, 5.74) is 0. The van der Waals surface area contributed by atoms with Gasteiger partial charge in [-0.15, -0.1) is 0 Å². The third-order valence-electron chi connectivity index (χ3n) is 1.03. The van der Waals surface area contributed by atoms with E-state index in [0.717, 1.165) is 0 Å². The average Bonchev–Trinajstić information content (AvgIpc) is 1.63. The Morgan fingerprint density at radius 3 is 2.11 bits per heavy atom. The molecule has 0 N–H and O–H groups in total. The Hall–Kier alpha value is 0.350. The van der Waals surface area contributed by atoms with Crippen molar-refractivity contribution in [2.75, 3.05) is 5.75 Å². The molecule has 0 unspecified atom stereocenters.